The summed E-state index contributed by atoms with van der Waals surface area (Å²) >= 11 is 0. The van der Waals surface area contributed by atoms with Gasteiger partial charge < -0.3 is 10.1 Å². The van der Waals surface area contributed by atoms with Crippen LogP contribution in [-0.2, 0) is 0 Å². The Labute approximate surface area is 110 Å². The molecule has 1 saturated carbocycles. The van der Waals surface area contributed by atoms with E-state index in [-0.39, 0.29) is 0 Å². The SMILES string of the molecule is COc1cnc(C)cc1NCC1CCC(C)CC1. The van der Waals surface area contributed by atoms with Crippen LogP contribution in [0.4, 0.5) is 5.69 Å². The second kappa shape index (κ2) is 6.07. The predicted molar refractivity (Wildman–Crippen MR) is 75.1 cm³/mol. The molecule has 0 saturated heterocycles. The number of aromatic nitrogens is 1. The molecule has 0 unspecified atom stereocenters. The van der Waals surface area contributed by atoms with Crippen LogP contribution in [0.25, 0.3) is 0 Å². The molecule has 0 radical (unpaired) electrons. The Morgan fingerprint density at radius 2 is 2.06 bits per heavy atom. The van der Waals surface area contributed by atoms with E-state index in [2.05, 4.69) is 23.3 Å². The molecule has 0 aromatic carbocycles. The molecule has 18 heavy (non-hydrogen) atoms. The molecule has 1 aromatic heterocycles. The average molecular weight is 248 g/mol. The van der Waals surface area contributed by atoms with Crippen molar-refractivity contribution in [3.8, 4) is 5.75 Å². The van der Waals surface area contributed by atoms with Crippen LogP contribution < -0.4 is 10.1 Å². The largest absolute Gasteiger partial charge is 0.493 e. The van der Waals surface area contributed by atoms with E-state index in [1.54, 1.807) is 13.3 Å². The summed E-state index contributed by atoms with van der Waals surface area (Å²) in [6, 6.07) is 2.06. The zero-order chi connectivity index (χ0) is 13.0. The van der Waals surface area contributed by atoms with Crippen molar-refractivity contribution in [1.82, 2.24) is 4.98 Å². The number of nitrogens with zero attached hydrogens (tertiary/aromatic N) is 1. The van der Waals surface area contributed by atoms with Crippen molar-refractivity contribution in [1.29, 1.82) is 0 Å². The molecule has 2 rings (SSSR count). The summed E-state index contributed by atoms with van der Waals surface area (Å²) in [7, 11) is 1.69. The van der Waals surface area contributed by atoms with E-state index in [4.69, 9.17) is 4.74 Å². The summed E-state index contributed by atoms with van der Waals surface area (Å²) < 4.78 is 5.33. The quantitative estimate of drug-likeness (QED) is 0.883. The van der Waals surface area contributed by atoms with E-state index in [1.807, 2.05) is 6.92 Å². The molecule has 1 aliphatic rings. The Morgan fingerprint density at radius 3 is 2.72 bits per heavy atom. The van der Waals surface area contributed by atoms with Crippen molar-refractivity contribution in [3.63, 3.8) is 0 Å². The molecule has 1 aromatic rings. The number of methoxy groups -OCH3 is 1. The van der Waals surface area contributed by atoms with E-state index in [0.717, 1.165) is 35.5 Å². The summed E-state index contributed by atoms with van der Waals surface area (Å²) in [6.07, 6.45) is 7.24. The lowest BCUT2D eigenvalue weighted by molar-refractivity contribution is 0.300. The van der Waals surface area contributed by atoms with Crippen LogP contribution in [0.1, 0.15) is 38.3 Å². The van der Waals surface area contributed by atoms with Gasteiger partial charge in [0.1, 0.15) is 0 Å². The van der Waals surface area contributed by atoms with Crippen LogP contribution in [0.2, 0.25) is 0 Å². The first-order valence-corrected chi connectivity index (χ1v) is 6.93. The van der Waals surface area contributed by atoms with E-state index >= 15 is 0 Å². The van der Waals surface area contributed by atoms with Crippen LogP contribution in [0.3, 0.4) is 0 Å². The Balaban J connectivity index is 1.91. The number of hydrogen-bond acceptors (Lipinski definition) is 3. The molecule has 0 bridgehead atoms. The lowest BCUT2D eigenvalue weighted by Gasteiger charge is -2.26. The third-order valence-electron chi connectivity index (χ3n) is 3.94. The first kappa shape index (κ1) is 13.2. The molecule has 1 heterocycles. The molecular weight excluding hydrogens is 224 g/mol. The number of anilines is 1. The highest BCUT2D eigenvalue weighted by Gasteiger charge is 2.18. The molecular formula is C15H24N2O. The fraction of sp³-hybridized carbons (Fsp3) is 0.667. The van der Waals surface area contributed by atoms with E-state index < -0.39 is 0 Å². The van der Waals surface area contributed by atoms with Gasteiger partial charge in [0.05, 0.1) is 19.0 Å². The number of hydrogen-bond donors (Lipinski definition) is 1. The van der Waals surface area contributed by atoms with Crippen LogP contribution in [0.15, 0.2) is 12.3 Å². The summed E-state index contributed by atoms with van der Waals surface area (Å²) in [5, 5.41) is 3.52. The lowest BCUT2D eigenvalue weighted by Crippen LogP contribution is -2.20. The number of nitrogens with one attached hydrogen (secondary N) is 1. The molecule has 3 heteroatoms. The van der Waals surface area contributed by atoms with Gasteiger partial charge in [-0.1, -0.05) is 19.8 Å². The minimum absolute atomic E-state index is 0.805. The average Bonchev–Trinajstić information content (AvgIpc) is 2.38. The van der Waals surface area contributed by atoms with Crippen LogP contribution in [0, 0.1) is 18.8 Å². The summed E-state index contributed by atoms with van der Waals surface area (Å²) in [5.74, 6) is 2.56. The van der Waals surface area contributed by atoms with Crippen molar-refractivity contribution in [2.24, 2.45) is 11.8 Å². The normalized spacial score (nSPS) is 23.7. The van der Waals surface area contributed by atoms with Crippen LogP contribution in [0.5, 0.6) is 5.75 Å². The van der Waals surface area contributed by atoms with Gasteiger partial charge in [-0.05, 0) is 37.7 Å². The molecule has 1 fully saturated rings. The Bertz CT molecular complexity index is 384. The van der Waals surface area contributed by atoms with Crippen molar-refractivity contribution in [2.45, 2.75) is 39.5 Å². The second-order valence-electron chi connectivity index (χ2n) is 5.53. The molecule has 0 spiro atoms. The third kappa shape index (κ3) is 3.37. The predicted octanol–water partition coefficient (Wildman–Crippen LogP) is 3.64. The molecule has 0 aliphatic heterocycles. The zero-order valence-corrected chi connectivity index (χ0v) is 11.7. The fourth-order valence-corrected chi connectivity index (χ4v) is 2.64. The van der Waals surface area contributed by atoms with Gasteiger partial charge in [0, 0.05) is 12.2 Å². The molecule has 3 nitrogen and oxygen atoms in total. The van der Waals surface area contributed by atoms with Gasteiger partial charge in [0.25, 0.3) is 0 Å². The number of rotatable bonds is 4. The summed E-state index contributed by atoms with van der Waals surface area (Å²) in [5.41, 5.74) is 2.10. The van der Waals surface area contributed by atoms with Gasteiger partial charge in [-0.15, -0.1) is 0 Å². The van der Waals surface area contributed by atoms with Crippen molar-refractivity contribution in [3.05, 3.63) is 18.0 Å². The minimum Gasteiger partial charge on any atom is -0.493 e. The molecule has 100 valence electrons. The number of ether oxygens (including phenoxy) is 1. The lowest BCUT2D eigenvalue weighted by atomic mass is 9.83. The van der Waals surface area contributed by atoms with E-state index in [0.29, 0.717) is 0 Å². The maximum Gasteiger partial charge on any atom is 0.160 e. The van der Waals surface area contributed by atoms with Crippen LogP contribution in [-0.4, -0.2) is 18.6 Å². The topological polar surface area (TPSA) is 34.1 Å². The van der Waals surface area contributed by atoms with Gasteiger partial charge >= 0.3 is 0 Å². The zero-order valence-electron chi connectivity index (χ0n) is 11.7. The van der Waals surface area contributed by atoms with Crippen molar-refractivity contribution >= 4 is 5.69 Å². The van der Waals surface area contributed by atoms with Crippen LogP contribution >= 0.6 is 0 Å². The third-order valence-corrected chi connectivity index (χ3v) is 3.94. The summed E-state index contributed by atoms with van der Waals surface area (Å²) in [4.78, 5) is 4.25. The van der Waals surface area contributed by atoms with E-state index in [9.17, 15) is 0 Å². The molecule has 0 atom stereocenters. The second-order valence-corrected chi connectivity index (χ2v) is 5.53. The molecule has 1 N–H and O–H groups in total. The summed E-state index contributed by atoms with van der Waals surface area (Å²) in [6.45, 7) is 5.42. The Hall–Kier alpha value is -1.25. The standard InChI is InChI=1S/C15H24N2O/c1-11-4-6-13(7-5-11)9-17-14-8-12(2)16-10-15(14)18-3/h8,10-11,13H,4-7,9H2,1-3H3,(H,16,17). The smallest absolute Gasteiger partial charge is 0.160 e. The highest BCUT2D eigenvalue weighted by atomic mass is 16.5. The number of aryl methyl sites for hydroxylation is 1. The van der Waals surface area contributed by atoms with E-state index in [1.165, 1.54) is 25.7 Å². The highest BCUT2D eigenvalue weighted by molar-refractivity contribution is 5.55. The van der Waals surface area contributed by atoms with Gasteiger partial charge in [-0.3, -0.25) is 4.98 Å². The van der Waals surface area contributed by atoms with Crippen molar-refractivity contribution in [2.75, 3.05) is 19.0 Å². The maximum absolute atomic E-state index is 5.33. The Kier molecular flexibility index (Phi) is 4.45. The van der Waals surface area contributed by atoms with Crippen molar-refractivity contribution < 1.29 is 4.74 Å². The first-order valence-electron chi connectivity index (χ1n) is 6.93. The minimum atomic E-state index is 0.805. The maximum atomic E-state index is 5.33. The number of pyridine rings is 1. The van der Waals surface area contributed by atoms with Gasteiger partial charge in [-0.2, -0.15) is 0 Å². The Morgan fingerprint density at radius 1 is 1.33 bits per heavy atom. The van der Waals surface area contributed by atoms with Gasteiger partial charge in [0.2, 0.25) is 0 Å². The monoisotopic (exact) mass is 248 g/mol. The first-order chi connectivity index (χ1) is 8.69. The van der Waals surface area contributed by atoms with Gasteiger partial charge in [-0.25, -0.2) is 0 Å². The molecule has 0 amide bonds. The molecule has 1 aliphatic carbocycles. The van der Waals surface area contributed by atoms with Gasteiger partial charge in [0.15, 0.2) is 5.75 Å². The fourth-order valence-electron chi connectivity index (χ4n) is 2.64. The highest BCUT2D eigenvalue weighted by Crippen LogP contribution is 2.30.